The highest BCUT2D eigenvalue weighted by Gasteiger charge is 2.13. The minimum absolute atomic E-state index is 0.0430. The SMILES string of the molecule is CCNC(C)c1nnc(NCc2ncc(CC)o2)o1. The van der Waals surface area contributed by atoms with Gasteiger partial charge in [-0.1, -0.05) is 18.9 Å². The second-order valence-electron chi connectivity index (χ2n) is 4.15. The Morgan fingerprint density at radius 2 is 2.11 bits per heavy atom. The molecule has 0 saturated carbocycles. The van der Waals surface area contributed by atoms with E-state index in [1.807, 2.05) is 20.8 Å². The second kappa shape index (κ2) is 6.33. The zero-order chi connectivity index (χ0) is 13.7. The van der Waals surface area contributed by atoms with Crippen molar-refractivity contribution in [2.75, 3.05) is 11.9 Å². The molecule has 0 aliphatic carbocycles. The summed E-state index contributed by atoms with van der Waals surface area (Å²) in [7, 11) is 0. The van der Waals surface area contributed by atoms with Gasteiger partial charge in [-0.05, 0) is 13.5 Å². The van der Waals surface area contributed by atoms with Crippen LogP contribution >= 0.6 is 0 Å². The Morgan fingerprint density at radius 3 is 2.79 bits per heavy atom. The number of anilines is 1. The Bertz CT molecular complexity index is 508. The lowest BCUT2D eigenvalue weighted by molar-refractivity contribution is 0.425. The lowest BCUT2D eigenvalue weighted by Gasteiger charge is -2.05. The van der Waals surface area contributed by atoms with Gasteiger partial charge in [0.05, 0.1) is 18.8 Å². The zero-order valence-corrected chi connectivity index (χ0v) is 11.4. The molecule has 2 rings (SSSR count). The van der Waals surface area contributed by atoms with Crippen molar-refractivity contribution in [3.63, 3.8) is 0 Å². The van der Waals surface area contributed by atoms with E-state index in [1.165, 1.54) is 0 Å². The van der Waals surface area contributed by atoms with Crippen molar-refractivity contribution in [3.05, 3.63) is 23.7 Å². The molecule has 0 spiro atoms. The molecule has 7 nitrogen and oxygen atoms in total. The normalized spacial score (nSPS) is 12.6. The van der Waals surface area contributed by atoms with E-state index in [4.69, 9.17) is 8.83 Å². The lowest BCUT2D eigenvalue weighted by atomic mass is 10.3. The van der Waals surface area contributed by atoms with E-state index in [2.05, 4.69) is 25.8 Å². The van der Waals surface area contributed by atoms with Gasteiger partial charge in [0, 0.05) is 6.42 Å². The molecule has 2 N–H and O–H groups in total. The van der Waals surface area contributed by atoms with E-state index in [9.17, 15) is 0 Å². The van der Waals surface area contributed by atoms with Gasteiger partial charge in [-0.3, -0.25) is 0 Å². The Balaban J connectivity index is 1.89. The van der Waals surface area contributed by atoms with Crippen LogP contribution in [0.4, 0.5) is 6.01 Å². The molecule has 2 aromatic heterocycles. The van der Waals surface area contributed by atoms with E-state index in [0.717, 1.165) is 18.7 Å². The fraction of sp³-hybridized carbons (Fsp3) is 0.583. The van der Waals surface area contributed by atoms with E-state index in [-0.39, 0.29) is 6.04 Å². The molecule has 0 fully saturated rings. The van der Waals surface area contributed by atoms with Crippen LogP contribution in [-0.4, -0.2) is 21.7 Å². The van der Waals surface area contributed by atoms with Crippen LogP contribution in [0.25, 0.3) is 0 Å². The van der Waals surface area contributed by atoms with E-state index in [0.29, 0.717) is 24.3 Å². The molecule has 104 valence electrons. The number of hydrogen-bond donors (Lipinski definition) is 2. The van der Waals surface area contributed by atoms with Gasteiger partial charge in [0.15, 0.2) is 0 Å². The maximum absolute atomic E-state index is 5.49. The lowest BCUT2D eigenvalue weighted by Crippen LogP contribution is -2.17. The first-order valence-corrected chi connectivity index (χ1v) is 6.47. The molecule has 0 bridgehead atoms. The third kappa shape index (κ3) is 3.54. The summed E-state index contributed by atoms with van der Waals surface area (Å²) >= 11 is 0. The maximum Gasteiger partial charge on any atom is 0.315 e. The molecule has 0 aliphatic heterocycles. The van der Waals surface area contributed by atoms with Gasteiger partial charge in [-0.2, -0.15) is 0 Å². The molecule has 0 amide bonds. The average molecular weight is 265 g/mol. The van der Waals surface area contributed by atoms with Crippen LogP contribution in [-0.2, 0) is 13.0 Å². The number of aromatic nitrogens is 3. The molecular formula is C12H19N5O2. The van der Waals surface area contributed by atoms with Crippen molar-refractivity contribution in [1.29, 1.82) is 0 Å². The van der Waals surface area contributed by atoms with E-state index in [1.54, 1.807) is 6.20 Å². The fourth-order valence-electron chi connectivity index (χ4n) is 1.62. The standard InChI is InChI=1S/C12H19N5O2/c1-4-9-6-14-10(18-9)7-15-12-17-16-11(19-12)8(3)13-5-2/h6,8,13H,4-5,7H2,1-3H3,(H,15,17). The Morgan fingerprint density at radius 1 is 1.26 bits per heavy atom. The van der Waals surface area contributed by atoms with Crippen molar-refractivity contribution in [3.8, 4) is 0 Å². The van der Waals surface area contributed by atoms with Gasteiger partial charge in [0.2, 0.25) is 11.8 Å². The maximum atomic E-state index is 5.49. The van der Waals surface area contributed by atoms with Gasteiger partial charge in [-0.25, -0.2) is 4.98 Å². The van der Waals surface area contributed by atoms with Crippen LogP contribution < -0.4 is 10.6 Å². The van der Waals surface area contributed by atoms with Crippen LogP contribution in [0.2, 0.25) is 0 Å². The first-order valence-electron chi connectivity index (χ1n) is 6.47. The van der Waals surface area contributed by atoms with Crippen LogP contribution in [0.1, 0.15) is 44.4 Å². The monoisotopic (exact) mass is 265 g/mol. The highest BCUT2D eigenvalue weighted by atomic mass is 16.4. The molecule has 0 radical (unpaired) electrons. The van der Waals surface area contributed by atoms with Crippen LogP contribution in [0.15, 0.2) is 15.0 Å². The zero-order valence-electron chi connectivity index (χ0n) is 11.4. The molecule has 2 heterocycles. The summed E-state index contributed by atoms with van der Waals surface area (Å²) in [4.78, 5) is 4.14. The number of nitrogens with one attached hydrogen (secondary N) is 2. The molecular weight excluding hydrogens is 246 g/mol. The third-order valence-corrected chi connectivity index (χ3v) is 2.66. The van der Waals surface area contributed by atoms with Crippen LogP contribution in [0.3, 0.4) is 0 Å². The average Bonchev–Trinajstić information content (AvgIpc) is 3.06. The Hall–Kier alpha value is -1.89. The second-order valence-corrected chi connectivity index (χ2v) is 4.15. The third-order valence-electron chi connectivity index (χ3n) is 2.66. The molecule has 0 aliphatic rings. The van der Waals surface area contributed by atoms with Crippen LogP contribution in [0.5, 0.6) is 0 Å². The fourth-order valence-corrected chi connectivity index (χ4v) is 1.62. The summed E-state index contributed by atoms with van der Waals surface area (Å²) in [5.74, 6) is 2.03. The number of oxazole rings is 1. The molecule has 2 aromatic rings. The molecule has 0 aromatic carbocycles. The number of hydrogen-bond acceptors (Lipinski definition) is 7. The molecule has 1 unspecified atom stereocenters. The van der Waals surface area contributed by atoms with Crippen molar-refractivity contribution in [2.24, 2.45) is 0 Å². The van der Waals surface area contributed by atoms with E-state index >= 15 is 0 Å². The number of aryl methyl sites for hydroxylation is 1. The van der Waals surface area contributed by atoms with Gasteiger partial charge >= 0.3 is 6.01 Å². The summed E-state index contributed by atoms with van der Waals surface area (Å²) in [6.45, 7) is 7.30. The van der Waals surface area contributed by atoms with Gasteiger partial charge in [-0.15, -0.1) is 5.10 Å². The topological polar surface area (TPSA) is 89.0 Å². The smallest absolute Gasteiger partial charge is 0.315 e. The Kier molecular flexibility index (Phi) is 4.51. The summed E-state index contributed by atoms with van der Waals surface area (Å²) < 4.78 is 11.0. The summed E-state index contributed by atoms with van der Waals surface area (Å²) in [5, 5.41) is 14.1. The van der Waals surface area contributed by atoms with Crippen molar-refractivity contribution in [2.45, 2.75) is 39.8 Å². The summed E-state index contributed by atoms with van der Waals surface area (Å²) in [6.07, 6.45) is 2.56. The first-order chi connectivity index (χ1) is 9.22. The molecule has 1 atom stereocenters. The summed E-state index contributed by atoms with van der Waals surface area (Å²) in [6, 6.07) is 0.414. The van der Waals surface area contributed by atoms with Crippen molar-refractivity contribution in [1.82, 2.24) is 20.5 Å². The molecule has 19 heavy (non-hydrogen) atoms. The minimum Gasteiger partial charge on any atom is -0.444 e. The predicted molar refractivity (Wildman–Crippen MR) is 69.6 cm³/mol. The predicted octanol–water partition coefficient (Wildman–Crippen LogP) is 1.90. The summed E-state index contributed by atoms with van der Waals surface area (Å²) in [5.41, 5.74) is 0. The first kappa shape index (κ1) is 13.5. The van der Waals surface area contributed by atoms with Gasteiger partial charge < -0.3 is 19.5 Å². The van der Waals surface area contributed by atoms with E-state index < -0.39 is 0 Å². The largest absolute Gasteiger partial charge is 0.444 e. The minimum atomic E-state index is 0.0430. The molecule has 7 heteroatoms. The molecule has 0 saturated heterocycles. The highest BCUT2D eigenvalue weighted by molar-refractivity contribution is 5.18. The van der Waals surface area contributed by atoms with Gasteiger partial charge in [0.1, 0.15) is 5.76 Å². The number of rotatable bonds is 7. The van der Waals surface area contributed by atoms with Crippen LogP contribution in [0, 0.1) is 0 Å². The highest BCUT2D eigenvalue weighted by Crippen LogP contribution is 2.14. The van der Waals surface area contributed by atoms with Gasteiger partial charge in [0.25, 0.3) is 0 Å². The number of nitrogens with zero attached hydrogens (tertiary/aromatic N) is 3. The quantitative estimate of drug-likeness (QED) is 0.790. The van der Waals surface area contributed by atoms with Crippen molar-refractivity contribution < 1.29 is 8.83 Å². The van der Waals surface area contributed by atoms with Crippen molar-refractivity contribution >= 4 is 6.01 Å². The Labute approximate surface area is 111 Å².